The Morgan fingerprint density at radius 1 is 1.00 bits per heavy atom. The second kappa shape index (κ2) is 6.48. The number of hydrogen-bond donors (Lipinski definition) is 1. The van der Waals surface area contributed by atoms with Crippen LogP contribution in [0.15, 0.2) is 42.7 Å². The highest BCUT2D eigenvalue weighted by atomic mass is 15.1. The third-order valence-electron chi connectivity index (χ3n) is 3.65. The first-order valence-electron chi connectivity index (χ1n) is 7.25. The number of pyridine rings is 2. The minimum atomic E-state index is 0.913. The summed E-state index contributed by atoms with van der Waals surface area (Å²) < 4.78 is 0. The molecule has 0 spiro atoms. The Balaban J connectivity index is 1.53. The van der Waals surface area contributed by atoms with Gasteiger partial charge in [0.25, 0.3) is 0 Å². The molecule has 4 heteroatoms. The zero-order chi connectivity index (χ0) is 13.6. The van der Waals surface area contributed by atoms with Crippen LogP contribution in [0.25, 0.3) is 11.4 Å². The van der Waals surface area contributed by atoms with Crippen molar-refractivity contribution in [2.24, 2.45) is 0 Å². The molecule has 1 saturated heterocycles. The number of likely N-dealkylation sites (tertiary alicyclic amines) is 1. The first-order chi connectivity index (χ1) is 9.92. The Morgan fingerprint density at radius 2 is 1.85 bits per heavy atom. The van der Waals surface area contributed by atoms with E-state index in [1.165, 1.54) is 25.9 Å². The van der Waals surface area contributed by atoms with Crippen molar-refractivity contribution >= 4 is 5.69 Å². The fraction of sp³-hybridized carbons (Fsp3) is 0.375. The molecule has 0 amide bonds. The molecule has 0 saturated carbocycles. The number of hydrogen-bond acceptors (Lipinski definition) is 4. The fourth-order valence-electron chi connectivity index (χ4n) is 2.53. The molecular formula is C16H20N4. The van der Waals surface area contributed by atoms with Gasteiger partial charge in [0.05, 0.1) is 23.3 Å². The van der Waals surface area contributed by atoms with Crippen molar-refractivity contribution < 1.29 is 0 Å². The predicted molar refractivity (Wildman–Crippen MR) is 81.6 cm³/mol. The molecule has 2 aromatic rings. The lowest BCUT2D eigenvalue weighted by Gasteiger charge is -2.15. The Hall–Kier alpha value is -1.94. The normalized spacial score (nSPS) is 15.4. The van der Waals surface area contributed by atoms with Crippen molar-refractivity contribution in [1.82, 2.24) is 14.9 Å². The smallest absolute Gasteiger partial charge is 0.0887 e. The first kappa shape index (κ1) is 13.1. The van der Waals surface area contributed by atoms with Gasteiger partial charge in [0.2, 0.25) is 0 Å². The molecule has 1 aliphatic rings. The molecule has 20 heavy (non-hydrogen) atoms. The largest absolute Gasteiger partial charge is 0.383 e. The van der Waals surface area contributed by atoms with E-state index in [4.69, 9.17) is 0 Å². The number of nitrogens with one attached hydrogen (secondary N) is 1. The molecule has 0 unspecified atom stereocenters. The summed E-state index contributed by atoms with van der Waals surface area (Å²) in [6.07, 6.45) is 6.37. The van der Waals surface area contributed by atoms with E-state index in [2.05, 4.69) is 26.3 Å². The van der Waals surface area contributed by atoms with Gasteiger partial charge in [-0.05, 0) is 50.2 Å². The quantitative estimate of drug-likeness (QED) is 0.905. The van der Waals surface area contributed by atoms with Crippen molar-refractivity contribution in [3.8, 4) is 11.4 Å². The third-order valence-corrected chi connectivity index (χ3v) is 3.65. The number of nitrogens with zero attached hydrogens (tertiary/aromatic N) is 3. The van der Waals surface area contributed by atoms with Crippen molar-refractivity contribution in [2.75, 3.05) is 31.5 Å². The average Bonchev–Trinajstić information content (AvgIpc) is 3.02. The van der Waals surface area contributed by atoms with Gasteiger partial charge in [-0.25, -0.2) is 0 Å². The first-order valence-corrected chi connectivity index (χ1v) is 7.25. The van der Waals surface area contributed by atoms with E-state index in [1.54, 1.807) is 6.20 Å². The highest BCUT2D eigenvalue weighted by Gasteiger charge is 2.10. The third kappa shape index (κ3) is 3.33. The van der Waals surface area contributed by atoms with Crippen LogP contribution in [0, 0.1) is 0 Å². The highest BCUT2D eigenvalue weighted by Crippen LogP contribution is 2.15. The summed E-state index contributed by atoms with van der Waals surface area (Å²) in [7, 11) is 0. The second-order valence-corrected chi connectivity index (χ2v) is 5.12. The van der Waals surface area contributed by atoms with Crippen LogP contribution in [0.2, 0.25) is 0 Å². The predicted octanol–water partition coefficient (Wildman–Crippen LogP) is 2.65. The molecule has 1 fully saturated rings. The number of rotatable bonds is 5. The van der Waals surface area contributed by atoms with Crippen molar-refractivity contribution in [2.45, 2.75) is 12.8 Å². The molecule has 3 rings (SSSR count). The Labute approximate surface area is 119 Å². The molecule has 1 N–H and O–H groups in total. The lowest BCUT2D eigenvalue weighted by molar-refractivity contribution is 0.352. The molecule has 0 atom stereocenters. The van der Waals surface area contributed by atoms with Crippen molar-refractivity contribution in [3.05, 3.63) is 42.7 Å². The minimum absolute atomic E-state index is 0.913. The van der Waals surface area contributed by atoms with Crippen molar-refractivity contribution in [3.63, 3.8) is 0 Å². The molecule has 2 aromatic heterocycles. The number of anilines is 1. The van der Waals surface area contributed by atoms with Crippen LogP contribution in [0.3, 0.4) is 0 Å². The number of aromatic nitrogens is 2. The second-order valence-electron chi connectivity index (χ2n) is 5.12. The molecule has 104 valence electrons. The van der Waals surface area contributed by atoms with Crippen LogP contribution in [0.4, 0.5) is 5.69 Å². The molecule has 0 aromatic carbocycles. The average molecular weight is 268 g/mol. The summed E-state index contributed by atoms with van der Waals surface area (Å²) in [5.41, 5.74) is 2.90. The van der Waals surface area contributed by atoms with Gasteiger partial charge in [0.15, 0.2) is 0 Å². The zero-order valence-electron chi connectivity index (χ0n) is 11.6. The molecule has 1 aliphatic heterocycles. The summed E-state index contributed by atoms with van der Waals surface area (Å²) in [5, 5.41) is 3.43. The Morgan fingerprint density at radius 3 is 2.55 bits per heavy atom. The molecule has 4 nitrogen and oxygen atoms in total. The topological polar surface area (TPSA) is 41.0 Å². The monoisotopic (exact) mass is 268 g/mol. The van der Waals surface area contributed by atoms with Gasteiger partial charge in [-0.1, -0.05) is 6.07 Å². The van der Waals surface area contributed by atoms with Gasteiger partial charge in [-0.15, -0.1) is 0 Å². The molecule has 3 heterocycles. The maximum absolute atomic E-state index is 4.46. The van der Waals surface area contributed by atoms with Gasteiger partial charge >= 0.3 is 0 Å². The van der Waals surface area contributed by atoms with E-state index in [0.29, 0.717) is 0 Å². The molecule has 0 radical (unpaired) electrons. The van der Waals surface area contributed by atoms with Crippen molar-refractivity contribution in [1.29, 1.82) is 0 Å². The zero-order valence-corrected chi connectivity index (χ0v) is 11.6. The van der Waals surface area contributed by atoms with E-state index in [9.17, 15) is 0 Å². The summed E-state index contributed by atoms with van der Waals surface area (Å²) in [4.78, 5) is 11.3. The Kier molecular flexibility index (Phi) is 4.23. The summed E-state index contributed by atoms with van der Waals surface area (Å²) in [5.74, 6) is 0. The maximum Gasteiger partial charge on any atom is 0.0887 e. The summed E-state index contributed by atoms with van der Waals surface area (Å²) in [6.45, 7) is 4.59. The molecule has 0 bridgehead atoms. The van der Waals surface area contributed by atoms with Gasteiger partial charge in [-0.3, -0.25) is 9.97 Å². The highest BCUT2D eigenvalue weighted by molar-refractivity contribution is 5.56. The fourth-order valence-corrected chi connectivity index (χ4v) is 2.53. The van der Waals surface area contributed by atoms with Crippen LogP contribution in [0.5, 0.6) is 0 Å². The lowest BCUT2D eigenvalue weighted by Crippen LogP contribution is -2.25. The van der Waals surface area contributed by atoms with E-state index in [-0.39, 0.29) is 0 Å². The molecule has 0 aliphatic carbocycles. The van der Waals surface area contributed by atoms with Gasteiger partial charge in [-0.2, -0.15) is 0 Å². The van der Waals surface area contributed by atoms with Crippen LogP contribution in [-0.2, 0) is 0 Å². The van der Waals surface area contributed by atoms with E-state index in [1.807, 2.05) is 30.5 Å². The maximum atomic E-state index is 4.46. The van der Waals surface area contributed by atoms with E-state index < -0.39 is 0 Å². The lowest BCUT2D eigenvalue weighted by atomic mass is 10.2. The van der Waals surface area contributed by atoms with Crippen LogP contribution >= 0.6 is 0 Å². The van der Waals surface area contributed by atoms with Gasteiger partial charge < -0.3 is 10.2 Å². The van der Waals surface area contributed by atoms with Gasteiger partial charge in [0.1, 0.15) is 0 Å². The standard InChI is InChI=1S/C16H20N4/c1-2-8-18-15(5-1)16-7-6-14(13-19-16)17-9-12-20-10-3-4-11-20/h1-2,5-8,13,17H,3-4,9-12H2. The van der Waals surface area contributed by atoms with E-state index in [0.717, 1.165) is 30.2 Å². The SMILES string of the molecule is c1ccc(-c2ccc(NCCN3CCCC3)cn2)nc1. The minimum Gasteiger partial charge on any atom is -0.383 e. The Bertz CT molecular complexity index is 518. The summed E-state index contributed by atoms with van der Waals surface area (Å²) >= 11 is 0. The van der Waals surface area contributed by atoms with Crippen LogP contribution in [0.1, 0.15) is 12.8 Å². The molecular weight excluding hydrogens is 248 g/mol. The van der Waals surface area contributed by atoms with Gasteiger partial charge in [0, 0.05) is 19.3 Å². The van der Waals surface area contributed by atoms with Crippen LogP contribution in [-0.4, -0.2) is 41.0 Å². The summed E-state index contributed by atoms with van der Waals surface area (Å²) in [6, 6.07) is 9.95. The van der Waals surface area contributed by atoms with E-state index >= 15 is 0 Å². The van der Waals surface area contributed by atoms with Crippen LogP contribution < -0.4 is 5.32 Å².